The molecule has 0 spiro atoms. The summed E-state index contributed by atoms with van der Waals surface area (Å²) >= 11 is 0. The summed E-state index contributed by atoms with van der Waals surface area (Å²) in [4.78, 5) is 0. The lowest BCUT2D eigenvalue weighted by Crippen LogP contribution is -2.35. The van der Waals surface area contributed by atoms with Gasteiger partial charge in [0.05, 0.1) is 24.9 Å². The fraction of sp³-hybridized carbons (Fsp3) is 1.00. The van der Waals surface area contributed by atoms with Gasteiger partial charge in [0.1, 0.15) is 0 Å². The van der Waals surface area contributed by atoms with Crippen LogP contribution in [-0.2, 0) is 9.47 Å². The van der Waals surface area contributed by atoms with E-state index in [1.165, 1.54) is 12.8 Å². The highest BCUT2D eigenvalue weighted by molar-refractivity contribution is 4.72. The highest BCUT2D eigenvalue weighted by Crippen LogP contribution is 2.28. The topological polar surface area (TPSA) is 50.7 Å². The van der Waals surface area contributed by atoms with E-state index in [4.69, 9.17) is 9.47 Å². The van der Waals surface area contributed by atoms with E-state index in [-0.39, 0.29) is 5.60 Å². The van der Waals surface area contributed by atoms with E-state index in [0.717, 1.165) is 25.7 Å². The zero-order valence-corrected chi connectivity index (χ0v) is 11.4. The minimum Gasteiger partial charge on any atom is -0.389 e. The number of aliphatic hydroxyl groups excluding tert-OH is 1. The second kappa shape index (κ2) is 7.31. The van der Waals surface area contributed by atoms with Crippen molar-refractivity contribution in [3.63, 3.8) is 0 Å². The molecule has 0 bridgehead atoms. The fourth-order valence-corrected chi connectivity index (χ4v) is 1.35. The summed E-state index contributed by atoms with van der Waals surface area (Å²) in [6.45, 7) is 9.30. The van der Waals surface area contributed by atoms with Gasteiger partial charge in [0, 0.05) is 19.7 Å². The molecule has 0 aliphatic heterocycles. The molecule has 0 aromatic heterocycles. The summed E-state index contributed by atoms with van der Waals surface area (Å²) < 4.78 is 11.0. The first-order valence-electron chi connectivity index (χ1n) is 6.58. The molecule has 1 aliphatic carbocycles. The normalized spacial score (nSPS) is 18.4. The van der Waals surface area contributed by atoms with E-state index < -0.39 is 6.10 Å². The molecule has 0 aromatic carbocycles. The lowest BCUT2D eigenvalue weighted by Gasteiger charge is -2.22. The number of ether oxygens (including phenoxy) is 2. The standard InChI is InChI=1S/C13H27NO3/c1-13(2,3)17-10-12(15)8-14-6-7-16-9-11-4-5-11/h11-12,14-15H,4-10H2,1-3H3. The second-order valence-corrected chi connectivity index (χ2v) is 5.80. The van der Waals surface area contributed by atoms with Crippen LogP contribution in [0.25, 0.3) is 0 Å². The van der Waals surface area contributed by atoms with Crippen molar-refractivity contribution in [1.29, 1.82) is 0 Å². The Bertz CT molecular complexity index is 199. The van der Waals surface area contributed by atoms with Crippen molar-refractivity contribution in [2.24, 2.45) is 5.92 Å². The smallest absolute Gasteiger partial charge is 0.0897 e. The van der Waals surface area contributed by atoms with Gasteiger partial charge in [-0.25, -0.2) is 0 Å². The maximum atomic E-state index is 9.64. The molecule has 0 heterocycles. The first kappa shape index (κ1) is 14.9. The van der Waals surface area contributed by atoms with Crippen LogP contribution in [0.2, 0.25) is 0 Å². The van der Waals surface area contributed by atoms with Crippen molar-refractivity contribution in [3.8, 4) is 0 Å². The third-order valence-electron chi connectivity index (χ3n) is 2.56. The average Bonchev–Trinajstić information content (AvgIpc) is 3.03. The van der Waals surface area contributed by atoms with E-state index in [1.54, 1.807) is 0 Å². The van der Waals surface area contributed by atoms with E-state index in [0.29, 0.717) is 13.2 Å². The minimum atomic E-state index is -0.447. The lowest BCUT2D eigenvalue weighted by atomic mass is 10.2. The van der Waals surface area contributed by atoms with Crippen molar-refractivity contribution in [1.82, 2.24) is 5.32 Å². The Morgan fingerprint density at radius 3 is 2.65 bits per heavy atom. The summed E-state index contributed by atoms with van der Waals surface area (Å²) in [5.74, 6) is 0.820. The molecule has 1 unspecified atom stereocenters. The van der Waals surface area contributed by atoms with Crippen LogP contribution in [0.3, 0.4) is 0 Å². The van der Waals surface area contributed by atoms with E-state index >= 15 is 0 Å². The molecule has 1 saturated carbocycles. The maximum Gasteiger partial charge on any atom is 0.0897 e. The molecule has 0 amide bonds. The molecule has 0 radical (unpaired) electrons. The largest absolute Gasteiger partial charge is 0.389 e. The Kier molecular flexibility index (Phi) is 6.41. The van der Waals surface area contributed by atoms with Crippen LogP contribution in [0.15, 0.2) is 0 Å². The second-order valence-electron chi connectivity index (χ2n) is 5.80. The van der Waals surface area contributed by atoms with Crippen molar-refractivity contribution in [3.05, 3.63) is 0 Å². The van der Waals surface area contributed by atoms with Crippen molar-refractivity contribution in [2.75, 3.05) is 32.9 Å². The molecule has 17 heavy (non-hydrogen) atoms. The lowest BCUT2D eigenvalue weighted by molar-refractivity contribution is -0.0480. The number of hydrogen-bond acceptors (Lipinski definition) is 4. The quantitative estimate of drug-likeness (QED) is 0.599. The van der Waals surface area contributed by atoms with Crippen LogP contribution in [0, 0.1) is 5.92 Å². The van der Waals surface area contributed by atoms with Gasteiger partial charge in [0.15, 0.2) is 0 Å². The van der Waals surface area contributed by atoms with Crippen LogP contribution in [0.4, 0.5) is 0 Å². The zero-order valence-electron chi connectivity index (χ0n) is 11.4. The molecule has 1 aliphatic rings. The summed E-state index contributed by atoms with van der Waals surface area (Å²) in [7, 11) is 0. The van der Waals surface area contributed by atoms with Crippen LogP contribution in [0.1, 0.15) is 33.6 Å². The van der Waals surface area contributed by atoms with E-state index in [2.05, 4.69) is 5.32 Å². The predicted octanol–water partition coefficient (Wildman–Crippen LogP) is 1.18. The Morgan fingerprint density at radius 2 is 2.06 bits per heavy atom. The molecule has 0 aromatic rings. The average molecular weight is 245 g/mol. The van der Waals surface area contributed by atoms with Gasteiger partial charge in [-0.15, -0.1) is 0 Å². The van der Waals surface area contributed by atoms with Crippen LogP contribution in [0.5, 0.6) is 0 Å². The third-order valence-corrected chi connectivity index (χ3v) is 2.56. The SMILES string of the molecule is CC(C)(C)OCC(O)CNCCOCC1CC1. The van der Waals surface area contributed by atoms with Crippen molar-refractivity contribution in [2.45, 2.75) is 45.3 Å². The van der Waals surface area contributed by atoms with Crippen LogP contribution in [-0.4, -0.2) is 49.7 Å². The Hall–Kier alpha value is -0.160. The highest BCUT2D eigenvalue weighted by atomic mass is 16.5. The summed E-state index contributed by atoms with van der Waals surface area (Å²) in [6.07, 6.45) is 2.21. The molecule has 2 N–H and O–H groups in total. The van der Waals surface area contributed by atoms with Crippen molar-refractivity contribution >= 4 is 0 Å². The van der Waals surface area contributed by atoms with E-state index in [1.807, 2.05) is 20.8 Å². The first-order valence-corrected chi connectivity index (χ1v) is 6.58. The highest BCUT2D eigenvalue weighted by Gasteiger charge is 2.20. The number of aliphatic hydroxyl groups is 1. The summed E-state index contributed by atoms with van der Waals surface area (Å²) in [6, 6.07) is 0. The molecular weight excluding hydrogens is 218 g/mol. The number of rotatable bonds is 9. The van der Waals surface area contributed by atoms with Gasteiger partial charge in [0.2, 0.25) is 0 Å². The molecule has 1 fully saturated rings. The summed E-state index contributed by atoms with van der Waals surface area (Å²) in [5, 5.41) is 12.8. The maximum absolute atomic E-state index is 9.64. The van der Waals surface area contributed by atoms with Gasteiger partial charge >= 0.3 is 0 Å². The Labute approximate surface area is 105 Å². The molecule has 0 saturated heterocycles. The molecule has 102 valence electrons. The molecule has 1 atom stereocenters. The van der Waals surface area contributed by atoms with Gasteiger partial charge in [-0.2, -0.15) is 0 Å². The van der Waals surface area contributed by atoms with Gasteiger partial charge in [-0.05, 0) is 39.5 Å². The molecule has 1 rings (SSSR count). The van der Waals surface area contributed by atoms with Crippen molar-refractivity contribution < 1.29 is 14.6 Å². The Balaban J connectivity index is 1.83. The monoisotopic (exact) mass is 245 g/mol. The van der Waals surface area contributed by atoms with Crippen LogP contribution >= 0.6 is 0 Å². The number of hydrogen-bond donors (Lipinski definition) is 2. The number of nitrogens with one attached hydrogen (secondary N) is 1. The van der Waals surface area contributed by atoms with Gasteiger partial charge < -0.3 is 19.9 Å². The molecule has 4 nitrogen and oxygen atoms in total. The van der Waals surface area contributed by atoms with Gasteiger partial charge in [0.25, 0.3) is 0 Å². The third kappa shape index (κ3) is 9.53. The summed E-state index contributed by atoms with van der Waals surface area (Å²) in [5.41, 5.74) is -0.186. The van der Waals surface area contributed by atoms with Gasteiger partial charge in [-0.1, -0.05) is 0 Å². The van der Waals surface area contributed by atoms with Crippen LogP contribution < -0.4 is 5.32 Å². The van der Waals surface area contributed by atoms with E-state index in [9.17, 15) is 5.11 Å². The zero-order chi connectivity index (χ0) is 12.7. The Morgan fingerprint density at radius 1 is 1.35 bits per heavy atom. The van der Waals surface area contributed by atoms with Gasteiger partial charge in [-0.3, -0.25) is 0 Å². The molecular formula is C13H27NO3. The fourth-order valence-electron chi connectivity index (χ4n) is 1.35. The first-order chi connectivity index (χ1) is 7.97. The molecule has 4 heteroatoms. The predicted molar refractivity (Wildman–Crippen MR) is 68.1 cm³/mol. The minimum absolute atomic E-state index is 0.186.